The van der Waals surface area contributed by atoms with Gasteiger partial charge >= 0.3 is 0 Å². The van der Waals surface area contributed by atoms with Crippen molar-refractivity contribution in [2.75, 3.05) is 25.0 Å². The van der Waals surface area contributed by atoms with E-state index in [2.05, 4.69) is 17.6 Å². The zero-order valence-corrected chi connectivity index (χ0v) is 15.3. The van der Waals surface area contributed by atoms with Crippen LogP contribution in [0.2, 0.25) is 5.02 Å². The van der Waals surface area contributed by atoms with Gasteiger partial charge < -0.3 is 15.5 Å². The summed E-state index contributed by atoms with van der Waals surface area (Å²) in [6.07, 6.45) is 1.67. The van der Waals surface area contributed by atoms with Gasteiger partial charge in [-0.1, -0.05) is 11.6 Å². The molecule has 0 aliphatic carbocycles. The second kappa shape index (κ2) is 8.49. The molecule has 1 saturated heterocycles. The smallest absolute Gasteiger partial charge is 0.255 e. The minimum absolute atomic E-state index is 0.0111. The predicted octanol–water partition coefficient (Wildman–Crippen LogP) is 3.15. The average molecular weight is 352 g/mol. The fourth-order valence-corrected chi connectivity index (χ4v) is 3.32. The van der Waals surface area contributed by atoms with E-state index in [1.807, 2.05) is 13.8 Å². The number of rotatable bonds is 5. The Labute approximate surface area is 148 Å². The molecule has 1 aromatic carbocycles. The highest BCUT2D eigenvalue weighted by molar-refractivity contribution is 6.34. The highest BCUT2D eigenvalue weighted by atomic mass is 35.5. The molecule has 2 amide bonds. The molecule has 2 N–H and O–H groups in total. The number of hydrogen-bond donors (Lipinski definition) is 2. The third-order valence-corrected chi connectivity index (χ3v) is 4.82. The van der Waals surface area contributed by atoms with E-state index in [9.17, 15) is 9.59 Å². The van der Waals surface area contributed by atoms with Crippen molar-refractivity contribution in [3.05, 3.63) is 28.8 Å². The topological polar surface area (TPSA) is 61.4 Å². The van der Waals surface area contributed by atoms with Crippen molar-refractivity contribution in [3.63, 3.8) is 0 Å². The molecule has 0 spiro atoms. The van der Waals surface area contributed by atoms with Crippen LogP contribution < -0.4 is 10.6 Å². The maximum absolute atomic E-state index is 12.4. The fourth-order valence-electron chi connectivity index (χ4n) is 3.06. The van der Waals surface area contributed by atoms with Crippen molar-refractivity contribution in [2.45, 2.75) is 39.7 Å². The Hall–Kier alpha value is -1.59. The number of nitrogens with one attached hydrogen (secondary N) is 2. The number of carbonyl (C=O) groups excluding carboxylic acids is 2. The molecule has 1 aliphatic rings. The van der Waals surface area contributed by atoms with Gasteiger partial charge in [0.2, 0.25) is 5.91 Å². The summed E-state index contributed by atoms with van der Waals surface area (Å²) in [6, 6.07) is 5.43. The van der Waals surface area contributed by atoms with Crippen LogP contribution in [-0.4, -0.2) is 42.4 Å². The van der Waals surface area contributed by atoms with E-state index in [0.29, 0.717) is 35.4 Å². The number of anilines is 1. The second-order valence-electron chi connectivity index (χ2n) is 6.24. The van der Waals surface area contributed by atoms with Crippen molar-refractivity contribution in [2.24, 2.45) is 5.92 Å². The van der Waals surface area contributed by atoms with E-state index in [4.69, 9.17) is 11.6 Å². The Morgan fingerprint density at radius 3 is 2.62 bits per heavy atom. The van der Waals surface area contributed by atoms with Crippen LogP contribution in [0.5, 0.6) is 0 Å². The van der Waals surface area contributed by atoms with E-state index >= 15 is 0 Å². The standard InChI is InChI=1S/C18H26ClN3O2/c1-4-22(5-2)18(24)15-7-6-14(11-16(15)19)21-17(23)13-8-9-20-12(3)10-13/h6-7,11-13,20H,4-5,8-10H2,1-3H3,(H,21,23)/t12-,13-/m0/s1. The van der Waals surface area contributed by atoms with Crippen molar-refractivity contribution in [1.82, 2.24) is 10.2 Å². The first-order valence-electron chi connectivity index (χ1n) is 8.59. The molecule has 6 heteroatoms. The van der Waals surface area contributed by atoms with E-state index in [1.54, 1.807) is 23.1 Å². The molecule has 0 bridgehead atoms. The van der Waals surface area contributed by atoms with Gasteiger partial charge in [0.1, 0.15) is 0 Å². The monoisotopic (exact) mass is 351 g/mol. The Morgan fingerprint density at radius 1 is 1.33 bits per heavy atom. The van der Waals surface area contributed by atoms with Crippen molar-refractivity contribution in [3.8, 4) is 0 Å². The molecule has 1 heterocycles. The SMILES string of the molecule is CCN(CC)C(=O)c1ccc(NC(=O)[C@H]2CCN[C@@H](C)C2)cc1Cl. The molecule has 24 heavy (non-hydrogen) atoms. The Kier molecular flexibility index (Phi) is 6.63. The van der Waals surface area contributed by atoms with Crippen molar-refractivity contribution in [1.29, 1.82) is 0 Å². The molecular weight excluding hydrogens is 326 g/mol. The van der Waals surface area contributed by atoms with Crippen LogP contribution in [0, 0.1) is 5.92 Å². The van der Waals surface area contributed by atoms with Crippen LogP contribution in [-0.2, 0) is 4.79 Å². The summed E-state index contributed by atoms with van der Waals surface area (Å²) in [5.41, 5.74) is 1.10. The molecule has 0 radical (unpaired) electrons. The van der Waals surface area contributed by atoms with Crippen molar-refractivity contribution < 1.29 is 9.59 Å². The van der Waals surface area contributed by atoms with Crippen LogP contribution in [0.4, 0.5) is 5.69 Å². The number of nitrogens with zero attached hydrogens (tertiary/aromatic N) is 1. The van der Waals surface area contributed by atoms with Gasteiger partial charge in [-0.15, -0.1) is 0 Å². The fraction of sp³-hybridized carbons (Fsp3) is 0.556. The van der Waals surface area contributed by atoms with Gasteiger partial charge in [0.25, 0.3) is 5.91 Å². The summed E-state index contributed by atoms with van der Waals surface area (Å²) in [5, 5.41) is 6.62. The van der Waals surface area contributed by atoms with Gasteiger partial charge in [-0.3, -0.25) is 9.59 Å². The van der Waals surface area contributed by atoms with Gasteiger partial charge in [-0.05, 0) is 58.4 Å². The van der Waals surface area contributed by atoms with Crippen LogP contribution in [0.15, 0.2) is 18.2 Å². The lowest BCUT2D eigenvalue weighted by Gasteiger charge is -2.27. The molecule has 1 aliphatic heterocycles. The highest BCUT2D eigenvalue weighted by Gasteiger charge is 2.25. The summed E-state index contributed by atoms with van der Waals surface area (Å²) < 4.78 is 0. The first kappa shape index (κ1) is 18.7. The predicted molar refractivity (Wildman–Crippen MR) is 97.5 cm³/mol. The summed E-state index contributed by atoms with van der Waals surface area (Å²) in [6.45, 7) is 8.09. The number of hydrogen-bond acceptors (Lipinski definition) is 3. The van der Waals surface area contributed by atoms with Crippen LogP contribution in [0.1, 0.15) is 44.0 Å². The number of carbonyl (C=O) groups is 2. The minimum Gasteiger partial charge on any atom is -0.339 e. The molecule has 1 fully saturated rings. The van der Waals surface area contributed by atoms with Gasteiger partial charge in [0.15, 0.2) is 0 Å². The molecule has 1 aromatic rings. The lowest BCUT2D eigenvalue weighted by atomic mass is 9.92. The summed E-state index contributed by atoms with van der Waals surface area (Å²) in [5.74, 6) is -0.0608. The molecule has 0 aromatic heterocycles. The molecule has 5 nitrogen and oxygen atoms in total. The molecule has 0 unspecified atom stereocenters. The van der Waals surface area contributed by atoms with E-state index in [0.717, 1.165) is 19.4 Å². The molecule has 2 rings (SSSR count). The Bertz CT molecular complexity index is 602. The zero-order valence-electron chi connectivity index (χ0n) is 14.6. The molecule has 2 atom stereocenters. The van der Waals surface area contributed by atoms with Gasteiger partial charge in [-0.2, -0.15) is 0 Å². The number of halogens is 1. The van der Waals surface area contributed by atoms with Crippen LogP contribution in [0.3, 0.4) is 0 Å². The molecular formula is C18H26ClN3O2. The third-order valence-electron chi connectivity index (χ3n) is 4.51. The first-order chi connectivity index (χ1) is 11.5. The van der Waals surface area contributed by atoms with Crippen LogP contribution >= 0.6 is 11.6 Å². The van der Waals surface area contributed by atoms with Crippen LogP contribution in [0.25, 0.3) is 0 Å². The lowest BCUT2D eigenvalue weighted by Crippen LogP contribution is -2.40. The summed E-state index contributed by atoms with van der Waals surface area (Å²) in [7, 11) is 0. The largest absolute Gasteiger partial charge is 0.339 e. The summed E-state index contributed by atoms with van der Waals surface area (Å²) in [4.78, 5) is 26.5. The van der Waals surface area contributed by atoms with E-state index < -0.39 is 0 Å². The maximum atomic E-state index is 12.4. The van der Waals surface area contributed by atoms with Crippen molar-refractivity contribution >= 4 is 29.1 Å². The number of piperidine rings is 1. The Morgan fingerprint density at radius 2 is 2.04 bits per heavy atom. The normalized spacial score (nSPS) is 20.5. The Balaban J connectivity index is 2.06. The minimum atomic E-state index is -0.0879. The molecule has 132 valence electrons. The maximum Gasteiger partial charge on any atom is 0.255 e. The quantitative estimate of drug-likeness (QED) is 0.856. The second-order valence-corrected chi connectivity index (χ2v) is 6.64. The number of benzene rings is 1. The first-order valence-corrected chi connectivity index (χ1v) is 8.97. The zero-order chi connectivity index (χ0) is 17.7. The lowest BCUT2D eigenvalue weighted by molar-refractivity contribution is -0.120. The third kappa shape index (κ3) is 4.48. The van der Waals surface area contributed by atoms with Gasteiger partial charge in [-0.25, -0.2) is 0 Å². The average Bonchev–Trinajstić information content (AvgIpc) is 2.56. The highest BCUT2D eigenvalue weighted by Crippen LogP contribution is 2.24. The summed E-state index contributed by atoms with van der Waals surface area (Å²) >= 11 is 6.27. The van der Waals surface area contributed by atoms with E-state index in [1.165, 1.54) is 0 Å². The van der Waals surface area contributed by atoms with E-state index in [-0.39, 0.29) is 17.7 Å². The van der Waals surface area contributed by atoms with Gasteiger partial charge in [0, 0.05) is 30.7 Å². The number of amides is 2. The molecule has 0 saturated carbocycles. The van der Waals surface area contributed by atoms with Gasteiger partial charge in [0.05, 0.1) is 10.6 Å².